The fourth-order valence-electron chi connectivity index (χ4n) is 2.78. The summed E-state index contributed by atoms with van der Waals surface area (Å²) in [6, 6.07) is 0.634. The van der Waals surface area contributed by atoms with Gasteiger partial charge in [0, 0.05) is 19.0 Å². The third-order valence-corrected chi connectivity index (χ3v) is 3.52. The molecular weight excluding hydrogens is 236 g/mol. The smallest absolute Gasteiger partial charge is 0.221 e. The van der Waals surface area contributed by atoms with Crippen LogP contribution in [-0.2, 0) is 4.79 Å². The fourth-order valence-corrected chi connectivity index (χ4v) is 2.78. The minimum absolute atomic E-state index is 0.0693. The zero-order chi connectivity index (χ0) is 14.7. The topological polar surface area (TPSA) is 32.3 Å². The zero-order valence-electron chi connectivity index (χ0n) is 13.7. The van der Waals surface area contributed by atoms with Gasteiger partial charge in [0.15, 0.2) is 0 Å². The van der Waals surface area contributed by atoms with Gasteiger partial charge in [0.25, 0.3) is 0 Å². The van der Waals surface area contributed by atoms with Gasteiger partial charge in [0.05, 0.1) is 6.67 Å². The molecule has 1 heterocycles. The molecule has 3 nitrogen and oxygen atoms in total. The Morgan fingerprint density at radius 1 is 1.16 bits per heavy atom. The molecule has 1 N–H and O–H groups in total. The molecule has 112 valence electrons. The summed E-state index contributed by atoms with van der Waals surface area (Å²) in [7, 11) is 0. The van der Waals surface area contributed by atoms with Crippen LogP contribution in [-0.4, -0.2) is 30.1 Å². The van der Waals surface area contributed by atoms with E-state index in [4.69, 9.17) is 0 Å². The van der Waals surface area contributed by atoms with Gasteiger partial charge in [-0.05, 0) is 30.1 Å². The minimum Gasteiger partial charge on any atom is -0.343 e. The van der Waals surface area contributed by atoms with Crippen molar-refractivity contribution in [3.05, 3.63) is 0 Å². The lowest BCUT2D eigenvalue weighted by atomic mass is 9.87. The molecule has 1 amide bonds. The Balaban J connectivity index is 2.37. The molecule has 1 unspecified atom stereocenters. The average Bonchev–Trinajstić information content (AvgIpc) is 2.56. The number of hydrogen-bond donors (Lipinski definition) is 1. The number of nitrogens with one attached hydrogen (secondary N) is 1. The quantitative estimate of drug-likeness (QED) is 0.847. The molecule has 0 bridgehead atoms. The molecule has 0 aromatic rings. The first-order chi connectivity index (χ1) is 8.57. The minimum atomic E-state index is 0.0693. The van der Waals surface area contributed by atoms with E-state index in [9.17, 15) is 4.79 Å². The molecule has 0 aromatic heterocycles. The Bertz CT molecular complexity index is 299. The first-order valence-corrected chi connectivity index (χ1v) is 7.58. The van der Waals surface area contributed by atoms with Gasteiger partial charge >= 0.3 is 0 Å². The van der Waals surface area contributed by atoms with Gasteiger partial charge in [0.2, 0.25) is 5.91 Å². The monoisotopic (exact) mass is 268 g/mol. The predicted molar refractivity (Wildman–Crippen MR) is 80.9 cm³/mol. The van der Waals surface area contributed by atoms with Gasteiger partial charge in [-0.25, -0.2) is 0 Å². The highest BCUT2D eigenvalue weighted by molar-refractivity contribution is 5.76. The van der Waals surface area contributed by atoms with Crippen LogP contribution < -0.4 is 5.32 Å². The van der Waals surface area contributed by atoms with Crippen LogP contribution in [0.25, 0.3) is 0 Å². The number of carbonyl (C=O) groups is 1. The summed E-state index contributed by atoms with van der Waals surface area (Å²) in [5.41, 5.74) is 0.433. The third-order valence-electron chi connectivity index (χ3n) is 3.52. The number of nitrogens with zero attached hydrogens (tertiary/aromatic N) is 1. The van der Waals surface area contributed by atoms with E-state index >= 15 is 0 Å². The van der Waals surface area contributed by atoms with E-state index in [1.54, 1.807) is 0 Å². The maximum atomic E-state index is 11.9. The van der Waals surface area contributed by atoms with E-state index in [1.807, 2.05) is 0 Å². The molecule has 0 spiro atoms. The Kier molecular flexibility index (Phi) is 5.43. The van der Waals surface area contributed by atoms with E-state index in [0.717, 1.165) is 13.2 Å². The van der Waals surface area contributed by atoms with E-state index < -0.39 is 0 Å². The predicted octanol–water partition coefficient (Wildman–Crippen LogP) is 3.40. The Hall–Kier alpha value is -0.570. The maximum absolute atomic E-state index is 11.9. The summed E-state index contributed by atoms with van der Waals surface area (Å²) >= 11 is 0. The number of amides is 1. The van der Waals surface area contributed by atoms with Gasteiger partial charge in [0.1, 0.15) is 0 Å². The highest BCUT2D eigenvalue weighted by atomic mass is 16.1. The van der Waals surface area contributed by atoms with E-state index in [0.29, 0.717) is 17.9 Å². The van der Waals surface area contributed by atoms with Crippen molar-refractivity contribution in [2.24, 2.45) is 10.8 Å². The molecule has 0 saturated carbocycles. The average molecular weight is 268 g/mol. The first-order valence-electron chi connectivity index (χ1n) is 7.58. The molecule has 0 radical (unpaired) electrons. The van der Waals surface area contributed by atoms with Crippen LogP contribution in [0, 0.1) is 10.8 Å². The second kappa shape index (κ2) is 6.25. The van der Waals surface area contributed by atoms with Crippen LogP contribution >= 0.6 is 0 Å². The molecular formula is C16H32N2O. The largest absolute Gasteiger partial charge is 0.343 e. The standard InChI is InChI=1S/C16H32N2O/c1-15(2,3)10-13-8-7-9-18(13)12-17-14(19)11-16(4,5)6/h13H,7-12H2,1-6H3,(H,17,19). The first kappa shape index (κ1) is 16.5. The summed E-state index contributed by atoms with van der Waals surface area (Å²) < 4.78 is 0. The lowest BCUT2D eigenvalue weighted by Crippen LogP contribution is -2.42. The zero-order valence-corrected chi connectivity index (χ0v) is 13.7. The highest BCUT2D eigenvalue weighted by Gasteiger charge is 2.28. The van der Waals surface area contributed by atoms with Crippen LogP contribution in [0.3, 0.4) is 0 Å². The van der Waals surface area contributed by atoms with Gasteiger partial charge in [-0.15, -0.1) is 0 Å². The van der Waals surface area contributed by atoms with E-state index in [2.05, 4.69) is 51.8 Å². The molecule has 1 aliphatic heterocycles. The number of rotatable bonds is 4. The van der Waals surface area contributed by atoms with Crippen LogP contribution in [0.2, 0.25) is 0 Å². The summed E-state index contributed by atoms with van der Waals surface area (Å²) in [5.74, 6) is 0.175. The van der Waals surface area contributed by atoms with Gasteiger partial charge < -0.3 is 5.32 Å². The Morgan fingerprint density at radius 3 is 2.32 bits per heavy atom. The van der Waals surface area contributed by atoms with Gasteiger partial charge in [-0.3, -0.25) is 9.69 Å². The van der Waals surface area contributed by atoms with Crippen LogP contribution in [0.4, 0.5) is 0 Å². The second-order valence-corrected chi connectivity index (χ2v) is 8.37. The number of likely N-dealkylation sites (tertiary alicyclic amines) is 1. The van der Waals surface area contributed by atoms with Crippen LogP contribution in [0.5, 0.6) is 0 Å². The lowest BCUT2D eigenvalue weighted by molar-refractivity contribution is -0.123. The van der Waals surface area contributed by atoms with Crippen LogP contribution in [0.1, 0.15) is 67.2 Å². The summed E-state index contributed by atoms with van der Waals surface area (Å²) in [6.07, 6.45) is 4.34. The summed E-state index contributed by atoms with van der Waals surface area (Å²) in [6.45, 7) is 15.0. The van der Waals surface area contributed by atoms with Gasteiger partial charge in [-0.1, -0.05) is 41.5 Å². The molecule has 3 heteroatoms. The number of carbonyl (C=O) groups excluding carboxylic acids is 1. The van der Waals surface area contributed by atoms with Crippen LogP contribution in [0.15, 0.2) is 0 Å². The van der Waals surface area contributed by atoms with E-state index in [1.165, 1.54) is 19.3 Å². The van der Waals surface area contributed by atoms with Crippen molar-refractivity contribution in [2.45, 2.75) is 73.3 Å². The SMILES string of the molecule is CC(C)(C)CC(=O)NCN1CCCC1CC(C)(C)C. The summed E-state index contributed by atoms with van der Waals surface area (Å²) in [4.78, 5) is 14.3. The van der Waals surface area contributed by atoms with Crippen molar-refractivity contribution in [1.82, 2.24) is 10.2 Å². The molecule has 1 fully saturated rings. The van der Waals surface area contributed by atoms with Crippen molar-refractivity contribution in [1.29, 1.82) is 0 Å². The third kappa shape index (κ3) is 6.95. The molecule has 0 aliphatic carbocycles. The van der Waals surface area contributed by atoms with Crippen molar-refractivity contribution in [3.8, 4) is 0 Å². The summed E-state index contributed by atoms with van der Waals surface area (Å²) in [5, 5.41) is 3.08. The second-order valence-electron chi connectivity index (χ2n) is 8.37. The molecule has 1 aliphatic rings. The maximum Gasteiger partial charge on any atom is 0.221 e. The molecule has 0 aromatic carbocycles. The van der Waals surface area contributed by atoms with Crippen molar-refractivity contribution in [2.75, 3.05) is 13.2 Å². The van der Waals surface area contributed by atoms with Crippen molar-refractivity contribution >= 4 is 5.91 Å². The van der Waals surface area contributed by atoms with E-state index in [-0.39, 0.29) is 11.3 Å². The van der Waals surface area contributed by atoms with Gasteiger partial charge in [-0.2, -0.15) is 0 Å². The highest BCUT2D eigenvalue weighted by Crippen LogP contribution is 2.29. The van der Waals surface area contributed by atoms with Crippen molar-refractivity contribution < 1.29 is 4.79 Å². The molecule has 1 rings (SSSR count). The number of hydrogen-bond acceptors (Lipinski definition) is 2. The Labute approximate surface area is 119 Å². The fraction of sp³-hybridized carbons (Fsp3) is 0.938. The molecule has 1 saturated heterocycles. The van der Waals surface area contributed by atoms with Crippen molar-refractivity contribution in [3.63, 3.8) is 0 Å². The normalized spacial score (nSPS) is 21.7. The lowest BCUT2D eigenvalue weighted by Gasteiger charge is -2.30. The Morgan fingerprint density at radius 2 is 1.79 bits per heavy atom. The molecule has 19 heavy (non-hydrogen) atoms. The molecule has 1 atom stereocenters.